The van der Waals surface area contributed by atoms with Crippen molar-refractivity contribution in [1.82, 2.24) is 0 Å². The summed E-state index contributed by atoms with van der Waals surface area (Å²) < 4.78 is 6.15. The molecule has 4 heteroatoms. The average molecular weight is 369 g/mol. The highest BCUT2D eigenvalue weighted by atomic mass is 28.3. The lowest BCUT2D eigenvalue weighted by Gasteiger charge is -2.42. The van der Waals surface area contributed by atoms with Crippen LogP contribution in [-0.2, 0) is 9.53 Å². The van der Waals surface area contributed by atoms with E-state index in [0.29, 0.717) is 27.8 Å². The molecule has 0 aromatic rings. The van der Waals surface area contributed by atoms with Crippen LogP contribution in [-0.4, -0.2) is 33.4 Å². The summed E-state index contributed by atoms with van der Waals surface area (Å²) in [6, 6.07) is 0. The number of allylic oxidation sites excluding steroid dienone is 1. The van der Waals surface area contributed by atoms with E-state index in [9.17, 15) is 4.79 Å². The van der Waals surface area contributed by atoms with Crippen LogP contribution in [0.5, 0.6) is 0 Å². The van der Waals surface area contributed by atoms with Crippen molar-refractivity contribution in [3.05, 3.63) is 12.2 Å². The van der Waals surface area contributed by atoms with Crippen molar-refractivity contribution >= 4 is 21.6 Å². The summed E-state index contributed by atoms with van der Waals surface area (Å²) in [7, 11) is -3.54. The Kier molecular flexibility index (Phi) is 6.55. The predicted molar refractivity (Wildman–Crippen MR) is 111 cm³/mol. The maximum atomic E-state index is 12.7. The van der Waals surface area contributed by atoms with Crippen molar-refractivity contribution in [2.45, 2.75) is 109 Å². The number of rotatable bonds is 7. The first kappa shape index (κ1) is 21.8. The number of hydrogen-bond acceptors (Lipinski definition) is 2. The van der Waals surface area contributed by atoms with Gasteiger partial charge in [-0.05, 0) is 27.7 Å². The Morgan fingerprint density at radius 3 is 1.71 bits per heavy atom. The number of carbonyl (C=O) groups excluding carboxylic acids is 1. The van der Waals surface area contributed by atoms with Crippen LogP contribution in [0.25, 0.3) is 0 Å². The summed E-state index contributed by atoms with van der Waals surface area (Å²) in [5, 5.41) is 0.431. The second-order valence-corrected chi connectivity index (χ2v) is 21.4. The quantitative estimate of drug-likeness (QED) is 0.306. The average Bonchev–Trinajstić information content (AvgIpc) is 3.13. The maximum Gasteiger partial charge on any atom is 0.137 e. The molecule has 1 heterocycles. The monoisotopic (exact) mass is 368 g/mol. The van der Waals surface area contributed by atoms with Gasteiger partial charge in [-0.2, -0.15) is 0 Å². The molecule has 0 saturated carbocycles. The Labute approximate surface area is 152 Å². The van der Waals surface area contributed by atoms with Gasteiger partial charge in [0.2, 0.25) is 0 Å². The molecule has 1 rings (SSSR count). The third kappa shape index (κ3) is 3.80. The standard InChI is InChI=1S/C20H40O2Si2/c1-14(2)24(15(3)4,16(5)6)19-17(22-19)12-13-18(21)23(10,11)20(7,8)9/h12-17,19H,1-11H3/b13-12+/t17-,19-/m0/s1. The van der Waals surface area contributed by atoms with Crippen LogP contribution in [0.15, 0.2) is 12.2 Å². The molecule has 0 radical (unpaired) electrons. The second kappa shape index (κ2) is 7.20. The minimum absolute atomic E-state index is 0.0878. The highest BCUT2D eigenvalue weighted by Gasteiger charge is 2.59. The van der Waals surface area contributed by atoms with Crippen molar-refractivity contribution < 1.29 is 9.53 Å². The van der Waals surface area contributed by atoms with E-state index in [1.54, 1.807) is 0 Å². The zero-order valence-electron chi connectivity index (χ0n) is 17.9. The van der Waals surface area contributed by atoms with Gasteiger partial charge in [-0.3, -0.25) is 0 Å². The van der Waals surface area contributed by atoms with E-state index < -0.39 is 16.1 Å². The minimum Gasteiger partial charge on any atom is -0.369 e. The van der Waals surface area contributed by atoms with Crippen LogP contribution in [0.4, 0.5) is 0 Å². The van der Waals surface area contributed by atoms with Gasteiger partial charge >= 0.3 is 0 Å². The molecule has 0 bridgehead atoms. The number of epoxide rings is 1. The largest absolute Gasteiger partial charge is 0.369 e. The zero-order valence-corrected chi connectivity index (χ0v) is 19.9. The summed E-state index contributed by atoms with van der Waals surface area (Å²) in [5.41, 5.74) is 2.45. The molecule has 0 aromatic carbocycles. The topological polar surface area (TPSA) is 29.6 Å². The van der Waals surface area contributed by atoms with Crippen molar-refractivity contribution in [1.29, 1.82) is 0 Å². The Balaban J connectivity index is 2.94. The molecular weight excluding hydrogens is 328 g/mol. The lowest BCUT2D eigenvalue weighted by Crippen LogP contribution is -2.51. The molecule has 1 aliphatic heterocycles. The van der Waals surface area contributed by atoms with Crippen molar-refractivity contribution in [2.75, 3.05) is 0 Å². The van der Waals surface area contributed by atoms with Crippen molar-refractivity contribution in [2.24, 2.45) is 0 Å². The van der Waals surface area contributed by atoms with Crippen LogP contribution in [0.3, 0.4) is 0 Å². The van der Waals surface area contributed by atoms with Gasteiger partial charge in [0.15, 0.2) is 0 Å². The molecule has 1 aliphatic rings. The molecule has 0 N–H and O–H groups in total. The van der Waals surface area contributed by atoms with E-state index in [0.717, 1.165) is 0 Å². The third-order valence-corrected chi connectivity index (χ3v) is 19.5. The van der Waals surface area contributed by atoms with Gasteiger partial charge in [0.1, 0.15) is 13.5 Å². The van der Waals surface area contributed by atoms with Crippen LogP contribution >= 0.6 is 0 Å². The fraction of sp³-hybridized carbons (Fsp3) is 0.850. The molecular formula is C20H40O2Si2. The number of ether oxygens (including phenoxy) is 1. The Morgan fingerprint density at radius 1 is 0.958 bits per heavy atom. The first-order chi connectivity index (χ1) is 10.7. The summed E-state index contributed by atoms with van der Waals surface area (Å²) in [4.78, 5) is 12.7. The SMILES string of the molecule is CC(C)[Si](C(C)C)(C(C)C)[C@@H]1O[C@H]1/C=C/C(=O)[Si](C)(C)C(C)(C)C. The van der Waals surface area contributed by atoms with Gasteiger partial charge in [-0.15, -0.1) is 0 Å². The highest BCUT2D eigenvalue weighted by Crippen LogP contribution is 2.51. The summed E-state index contributed by atoms with van der Waals surface area (Å²) in [6.45, 7) is 25.2. The molecule has 24 heavy (non-hydrogen) atoms. The van der Waals surface area contributed by atoms with Gasteiger partial charge < -0.3 is 9.53 Å². The van der Waals surface area contributed by atoms with E-state index in [-0.39, 0.29) is 11.1 Å². The molecule has 1 saturated heterocycles. The molecule has 0 spiro atoms. The van der Waals surface area contributed by atoms with Crippen molar-refractivity contribution in [3.63, 3.8) is 0 Å². The highest BCUT2D eigenvalue weighted by molar-refractivity contribution is 7.07. The van der Waals surface area contributed by atoms with E-state index in [1.807, 2.05) is 6.08 Å². The zero-order chi connectivity index (χ0) is 19.1. The molecule has 2 atom stereocenters. The fourth-order valence-corrected chi connectivity index (χ4v) is 12.7. The molecule has 140 valence electrons. The van der Waals surface area contributed by atoms with Crippen LogP contribution < -0.4 is 0 Å². The molecule has 0 aliphatic carbocycles. The number of hydrogen-bond donors (Lipinski definition) is 0. The lowest BCUT2D eigenvalue weighted by atomic mass is 10.2. The Morgan fingerprint density at radius 2 is 1.38 bits per heavy atom. The second-order valence-electron chi connectivity index (χ2n) is 10.1. The van der Waals surface area contributed by atoms with Gasteiger partial charge in [0, 0.05) is 0 Å². The predicted octanol–water partition coefficient (Wildman–Crippen LogP) is 6.14. The van der Waals surface area contributed by atoms with E-state index in [2.05, 4.69) is 81.5 Å². The van der Waals surface area contributed by atoms with Gasteiger partial charge in [0.25, 0.3) is 0 Å². The number of carbonyl (C=O) groups is 1. The molecule has 0 amide bonds. The Bertz CT molecular complexity index is 463. The van der Waals surface area contributed by atoms with Gasteiger partial charge in [0.05, 0.1) is 19.9 Å². The molecule has 0 aromatic heterocycles. The van der Waals surface area contributed by atoms with E-state index in [1.165, 1.54) is 0 Å². The molecule has 1 fully saturated rings. The van der Waals surface area contributed by atoms with Crippen LogP contribution in [0, 0.1) is 0 Å². The fourth-order valence-electron chi connectivity index (χ4n) is 4.42. The lowest BCUT2D eigenvalue weighted by molar-refractivity contribution is -0.108. The summed E-state index contributed by atoms with van der Waals surface area (Å²) in [5.74, 6) is 0. The molecule has 0 unspecified atom stereocenters. The first-order valence-corrected chi connectivity index (χ1v) is 14.9. The summed E-state index contributed by atoms with van der Waals surface area (Å²) in [6.07, 6.45) is 4.09. The van der Waals surface area contributed by atoms with Crippen LogP contribution in [0.2, 0.25) is 34.8 Å². The van der Waals surface area contributed by atoms with Crippen LogP contribution in [0.1, 0.15) is 62.3 Å². The first-order valence-electron chi connectivity index (χ1n) is 9.58. The maximum absolute atomic E-state index is 12.7. The van der Waals surface area contributed by atoms with Crippen molar-refractivity contribution in [3.8, 4) is 0 Å². The normalized spacial score (nSPS) is 22.9. The minimum atomic E-state index is -1.95. The molecule has 2 nitrogen and oxygen atoms in total. The van der Waals surface area contributed by atoms with E-state index >= 15 is 0 Å². The Hall–Kier alpha value is -0.196. The van der Waals surface area contributed by atoms with Gasteiger partial charge in [-0.25, -0.2) is 0 Å². The van der Waals surface area contributed by atoms with E-state index in [4.69, 9.17) is 4.74 Å². The third-order valence-electron chi connectivity index (χ3n) is 6.95. The smallest absolute Gasteiger partial charge is 0.137 e. The summed E-state index contributed by atoms with van der Waals surface area (Å²) >= 11 is 0. The van der Waals surface area contributed by atoms with Gasteiger partial charge in [-0.1, -0.05) is 81.5 Å².